The first-order valence-electron chi connectivity index (χ1n) is 4.71. The van der Waals surface area contributed by atoms with Crippen LogP contribution in [0.1, 0.15) is 27.0 Å². The van der Waals surface area contributed by atoms with Gasteiger partial charge in [0.1, 0.15) is 0 Å². The van der Waals surface area contributed by atoms with E-state index in [1.807, 2.05) is 26.0 Å². The van der Waals surface area contributed by atoms with Gasteiger partial charge in [0.15, 0.2) is 6.29 Å². The largest absolute Gasteiger partial charge is 0.469 e. The molecular formula is C12H14O3. The summed E-state index contributed by atoms with van der Waals surface area (Å²) < 4.78 is 4.59. The summed E-state index contributed by atoms with van der Waals surface area (Å²) in [5.41, 5.74) is 3.18. The molecule has 1 aromatic carbocycles. The molecule has 3 heteroatoms. The molecule has 0 saturated heterocycles. The predicted octanol–water partition coefficient (Wildman–Crippen LogP) is 1.83. The minimum absolute atomic E-state index is 0.151. The summed E-state index contributed by atoms with van der Waals surface area (Å²) in [4.78, 5) is 22.1. The lowest BCUT2D eigenvalue weighted by Gasteiger charge is -2.09. The second-order valence-electron chi connectivity index (χ2n) is 3.46. The first-order valence-corrected chi connectivity index (χ1v) is 4.71. The summed E-state index contributed by atoms with van der Waals surface area (Å²) in [5.74, 6) is -0.327. The molecule has 0 N–H and O–H groups in total. The molecule has 0 fully saturated rings. The Morgan fingerprint density at radius 2 is 1.93 bits per heavy atom. The van der Waals surface area contributed by atoms with Gasteiger partial charge in [-0.05, 0) is 30.5 Å². The summed E-state index contributed by atoms with van der Waals surface area (Å²) in [6.45, 7) is 3.73. The molecule has 0 radical (unpaired) electrons. The van der Waals surface area contributed by atoms with E-state index in [1.165, 1.54) is 7.11 Å². The summed E-state index contributed by atoms with van der Waals surface area (Å²) in [6.07, 6.45) is 0.943. The number of ether oxygens (including phenoxy) is 1. The van der Waals surface area contributed by atoms with Crippen LogP contribution in [0, 0.1) is 13.8 Å². The Hall–Kier alpha value is -1.64. The number of aldehydes is 1. The number of carbonyl (C=O) groups excluding carboxylic acids is 2. The van der Waals surface area contributed by atoms with Crippen molar-refractivity contribution in [3.63, 3.8) is 0 Å². The lowest BCUT2D eigenvalue weighted by Crippen LogP contribution is -2.09. The number of hydrogen-bond acceptors (Lipinski definition) is 3. The maximum absolute atomic E-state index is 11.2. The van der Waals surface area contributed by atoms with Crippen molar-refractivity contribution in [2.75, 3.05) is 7.11 Å². The van der Waals surface area contributed by atoms with Crippen LogP contribution >= 0.6 is 0 Å². The molecule has 0 bridgehead atoms. The second kappa shape index (κ2) is 4.73. The van der Waals surface area contributed by atoms with Crippen molar-refractivity contribution in [1.29, 1.82) is 0 Å². The summed E-state index contributed by atoms with van der Waals surface area (Å²) in [5, 5.41) is 0. The van der Waals surface area contributed by atoms with Gasteiger partial charge in [0.25, 0.3) is 0 Å². The van der Waals surface area contributed by atoms with Crippen LogP contribution in [0.15, 0.2) is 12.1 Å². The number of rotatable bonds is 3. The standard InChI is InChI=1S/C12H14O3/c1-8-4-5-9(2)11(7-13)10(8)6-12(14)15-3/h4-5,7H,6H2,1-3H3. The van der Waals surface area contributed by atoms with Crippen molar-refractivity contribution in [2.24, 2.45) is 0 Å². The van der Waals surface area contributed by atoms with E-state index in [4.69, 9.17) is 0 Å². The number of esters is 1. The first kappa shape index (κ1) is 11.4. The number of methoxy groups -OCH3 is 1. The molecular weight excluding hydrogens is 192 g/mol. The Morgan fingerprint density at radius 1 is 1.33 bits per heavy atom. The van der Waals surface area contributed by atoms with E-state index in [9.17, 15) is 9.59 Å². The van der Waals surface area contributed by atoms with Gasteiger partial charge in [0.05, 0.1) is 13.5 Å². The highest BCUT2D eigenvalue weighted by Gasteiger charge is 2.12. The van der Waals surface area contributed by atoms with Crippen molar-refractivity contribution in [3.8, 4) is 0 Å². The molecule has 0 saturated carbocycles. The first-order chi connectivity index (χ1) is 7.10. The van der Waals surface area contributed by atoms with Crippen LogP contribution in [-0.4, -0.2) is 19.4 Å². The van der Waals surface area contributed by atoms with E-state index >= 15 is 0 Å². The van der Waals surface area contributed by atoms with E-state index in [-0.39, 0.29) is 12.4 Å². The molecule has 3 nitrogen and oxygen atoms in total. The predicted molar refractivity (Wildman–Crippen MR) is 57.0 cm³/mol. The van der Waals surface area contributed by atoms with Crippen LogP contribution in [0.5, 0.6) is 0 Å². The fraction of sp³-hybridized carbons (Fsp3) is 0.333. The molecule has 1 aromatic rings. The van der Waals surface area contributed by atoms with Gasteiger partial charge in [0.2, 0.25) is 0 Å². The van der Waals surface area contributed by atoms with E-state index in [2.05, 4.69) is 4.74 Å². The molecule has 0 spiro atoms. The third-order valence-electron chi connectivity index (χ3n) is 2.48. The number of benzene rings is 1. The zero-order valence-corrected chi connectivity index (χ0v) is 9.16. The highest BCUT2D eigenvalue weighted by molar-refractivity contribution is 5.84. The van der Waals surface area contributed by atoms with Gasteiger partial charge >= 0.3 is 5.97 Å². The average molecular weight is 206 g/mol. The molecule has 0 amide bonds. The smallest absolute Gasteiger partial charge is 0.310 e. The highest BCUT2D eigenvalue weighted by atomic mass is 16.5. The van der Waals surface area contributed by atoms with Gasteiger partial charge in [-0.3, -0.25) is 9.59 Å². The molecule has 15 heavy (non-hydrogen) atoms. The molecule has 1 rings (SSSR count). The van der Waals surface area contributed by atoms with Crippen LogP contribution < -0.4 is 0 Å². The lowest BCUT2D eigenvalue weighted by molar-refractivity contribution is -0.139. The maximum atomic E-state index is 11.2. The number of aryl methyl sites for hydroxylation is 2. The fourth-order valence-electron chi connectivity index (χ4n) is 1.51. The van der Waals surface area contributed by atoms with Gasteiger partial charge in [-0.1, -0.05) is 12.1 Å². The minimum atomic E-state index is -0.327. The normalized spacial score (nSPS) is 9.80. The van der Waals surface area contributed by atoms with E-state index in [1.54, 1.807) is 0 Å². The Kier molecular flexibility index (Phi) is 3.61. The maximum Gasteiger partial charge on any atom is 0.310 e. The number of hydrogen-bond donors (Lipinski definition) is 0. The zero-order chi connectivity index (χ0) is 11.4. The van der Waals surface area contributed by atoms with Crippen molar-refractivity contribution >= 4 is 12.3 Å². The van der Waals surface area contributed by atoms with Crippen molar-refractivity contribution in [3.05, 3.63) is 34.4 Å². The van der Waals surface area contributed by atoms with Crippen molar-refractivity contribution in [2.45, 2.75) is 20.3 Å². The van der Waals surface area contributed by atoms with E-state index in [0.717, 1.165) is 23.0 Å². The Labute approximate surface area is 89.1 Å². The van der Waals surface area contributed by atoms with Crippen molar-refractivity contribution < 1.29 is 14.3 Å². The number of carbonyl (C=O) groups is 2. The van der Waals surface area contributed by atoms with Gasteiger partial charge in [-0.2, -0.15) is 0 Å². The summed E-state index contributed by atoms with van der Waals surface area (Å²) >= 11 is 0. The molecule has 0 heterocycles. The average Bonchev–Trinajstić information content (AvgIpc) is 2.23. The third kappa shape index (κ3) is 2.43. The minimum Gasteiger partial charge on any atom is -0.469 e. The van der Waals surface area contributed by atoms with Crippen LogP contribution in [0.3, 0.4) is 0 Å². The van der Waals surface area contributed by atoms with Gasteiger partial charge in [-0.25, -0.2) is 0 Å². The molecule has 0 aromatic heterocycles. The molecule has 0 unspecified atom stereocenters. The Bertz CT molecular complexity index is 394. The molecule has 0 aliphatic carbocycles. The van der Waals surface area contributed by atoms with Crippen LogP contribution in [0.25, 0.3) is 0 Å². The van der Waals surface area contributed by atoms with Crippen LogP contribution in [0.2, 0.25) is 0 Å². The van der Waals surface area contributed by atoms with Gasteiger partial charge < -0.3 is 4.74 Å². The van der Waals surface area contributed by atoms with E-state index < -0.39 is 0 Å². The van der Waals surface area contributed by atoms with Gasteiger partial charge in [-0.15, -0.1) is 0 Å². The molecule has 0 aliphatic rings. The topological polar surface area (TPSA) is 43.4 Å². The fourth-order valence-corrected chi connectivity index (χ4v) is 1.51. The molecule has 80 valence electrons. The summed E-state index contributed by atoms with van der Waals surface area (Å²) in [7, 11) is 1.34. The molecule has 0 aliphatic heterocycles. The second-order valence-corrected chi connectivity index (χ2v) is 3.46. The zero-order valence-electron chi connectivity index (χ0n) is 9.16. The summed E-state index contributed by atoms with van der Waals surface area (Å²) in [6, 6.07) is 3.78. The quantitative estimate of drug-likeness (QED) is 0.559. The van der Waals surface area contributed by atoms with Crippen LogP contribution in [-0.2, 0) is 16.0 Å². The highest BCUT2D eigenvalue weighted by Crippen LogP contribution is 2.17. The van der Waals surface area contributed by atoms with Gasteiger partial charge in [0, 0.05) is 5.56 Å². The monoisotopic (exact) mass is 206 g/mol. The Balaban J connectivity index is 3.19. The van der Waals surface area contributed by atoms with E-state index in [0.29, 0.717) is 5.56 Å². The lowest BCUT2D eigenvalue weighted by atomic mass is 9.96. The Morgan fingerprint density at radius 3 is 2.47 bits per heavy atom. The SMILES string of the molecule is COC(=O)Cc1c(C)ccc(C)c1C=O. The molecule has 0 atom stereocenters. The van der Waals surface area contributed by atoms with Crippen molar-refractivity contribution in [1.82, 2.24) is 0 Å². The third-order valence-corrected chi connectivity index (χ3v) is 2.48. The van der Waals surface area contributed by atoms with Crippen LogP contribution in [0.4, 0.5) is 0 Å².